The molecule has 1 saturated heterocycles. The molecule has 0 unspecified atom stereocenters. The molecular weight excluding hydrogens is 405 g/mol. The fraction of sp³-hybridized carbons (Fsp3) is 0.588. The van der Waals surface area contributed by atoms with Gasteiger partial charge in [-0.25, -0.2) is 0 Å². The van der Waals surface area contributed by atoms with E-state index in [9.17, 15) is 0 Å². The minimum absolute atomic E-state index is 0. The number of ether oxygens (including phenoxy) is 2. The maximum atomic E-state index is 6.02. The first kappa shape index (κ1) is 20.0. The van der Waals surface area contributed by atoms with E-state index < -0.39 is 0 Å². The monoisotopic (exact) mass is 433 g/mol. The predicted octanol–water partition coefficient (Wildman–Crippen LogP) is 2.76. The fourth-order valence-electron chi connectivity index (χ4n) is 2.59. The third-order valence-corrected chi connectivity index (χ3v) is 3.73. The lowest BCUT2D eigenvalue weighted by molar-refractivity contribution is 0.127. The van der Waals surface area contributed by atoms with Gasteiger partial charge in [0, 0.05) is 46.1 Å². The first-order chi connectivity index (χ1) is 10.8. The average molecular weight is 433 g/mol. The number of likely N-dealkylation sites (tertiary alicyclic amines) is 1. The van der Waals surface area contributed by atoms with Crippen molar-refractivity contribution in [3.63, 3.8) is 0 Å². The van der Waals surface area contributed by atoms with Gasteiger partial charge in [-0.2, -0.15) is 0 Å². The van der Waals surface area contributed by atoms with Crippen molar-refractivity contribution in [1.29, 1.82) is 0 Å². The second-order valence-corrected chi connectivity index (χ2v) is 5.29. The molecule has 130 valence electrons. The Morgan fingerprint density at radius 1 is 1.26 bits per heavy atom. The highest BCUT2D eigenvalue weighted by molar-refractivity contribution is 14.0. The Kier molecular flexibility index (Phi) is 10.0. The summed E-state index contributed by atoms with van der Waals surface area (Å²) < 4.78 is 11.4. The molecule has 23 heavy (non-hydrogen) atoms. The highest BCUT2D eigenvalue weighted by Gasteiger charge is 2.22. The normalized spacial score (nSPS) is 15.9. The largest absolute Gasteiger partial charge is 0.490 e. The van der Waals surface area contributed by atoms with Crippen LogP contribution in [0.5, 0.6) is 5.75 Å². The zero-order chi connectivity index (χ0) is 15.6. The molecule has 1 aliphatic rings. The van der Waals surface area contributed by atoms with E-state index in [1.165, 1.54) is 0 Å². The Balaban J connectivity index is 0.00000264. The van der Waals surface area contributed by atoms with Crippen LogP contribution in [0.15, 0.2) is 35.3 Å². The maximum Gasteiger partial charge on any atom is 0.193 e. The lowest BCUT2D eigenvalue weighted by Crippen LogP contribution is -2.48. The van der Waals surface area contributed by atoms with Gasteiger partial charge in [0.1, 0.15) is 11.9 Å². The number of rotatable bonds is 6. The standard InChI is InChI=1S/C17H27N3O2.HI/c1-3-21-14-11-19-17(18-2)20-12-9-16(10-13-20)22-15-7-5-4-6-8-15;/h4-8,16H,3,9-14H2,1-2H3,(H,18,19);1H. The summed E-state index contributed by atoms with van der Waals surface area (Å²) in [5.74, 6) is 1.91. The lowest BCUT2D eigenvalue weighted by Gasteiger charge is -2.34. The third kappa shape index (κ3) is 6.95. The average Bonchev–Trinajstić information content (AvgIpc) is 2.57. The topological polar surface area (TPSA) is 46.1 Å². The van der Waals surface area contributed by atoms with Crippen LogP contribution in [0.3, 0.4) is 0 Å². The van der Waals surface area contributed by atoms with E-state index in [1.54, 1.807) is 0 Å². The van der Waals surface area contributed by atoms with E-state index in [2.05, 4.69) is 15.2 Å². The van der Waals surface area contributed by atoms with E-state index in [0.717, 1.165) is 50.8 Å². The molecule has 0 amide bonds. The molecule has 1 aromatic carbocycles. The Morgan fingerprint density at radius 3 is 2.57 bits per heavy atom. The van der Waals surface area contributed by atoms with Gasteiger partial charge in [-0.1, -0.05) is 18.2 Å². The fourth-order valence-corrected chi connectivity index (χ4v) is 2.59. The zero-order valence-corrected chi connectivity index (χ0v) is 16.4. The van der Waals surface area contributed by atoms with Crippen molar-refractivity contribution in [1.82, 2.24) is 10.2 Å². The summed E-state index contributed by atoms with van der Waals surface area (Å²) in [5.41, 5.74) is 0. The number of halogens is 1. The van der Waals surface area contributed by atoms with Crippen LogP contribution in [0.2, 0.25) is 0 Å². The van der Waals surface area contributed by atoms with Gasteiger partial charge < -0.3 is 19.7 Å². The molecule has 0 spiro atoms. The number of benzene rings is 1. The second kappa shape index (κ2) is 11.5. The molecule has 0 radical (unpaired) electrons. The summed E-state index contributed by atoms with van der Waals surface area (Å²) in [7, 11) is 1.83. The van der Waals surface area contributed by atoms with Crippen LogP contribution in [0.1, 0.15) is 19.8 Å². The van der Waals surface area contributed by atoms with Crippen molar-refractivity contribution >= 4 is 29.9 Å². The highest BCUT2D eigenvalue weighted by Crippen LogP contribution is 2.18. The summed E-state index contributed by atoms with van der Waals surface area (Å²) >= 11 is 0. The molecule has 2 rings (SSSR count). The highest BCUT2D eigenvalue weighted by atomic mass is 127. The lowest BCUT2D eigenvalue weighted by atomic mass is 10.1. The quantitative estimate of drug-likeness (QED) is 0.325. The molecule has 1 aliphatic heterocycles. The van der Waals surface area contributed by atoms with Gasteiger partial charge in [-0.05, 0) is 19.1 Å². The SMILES string of the molecule is CCOCCNC(=NC)N1CCC(Oc2ccccc2)CC1.I. The first-order valence-electron chi connectivity index (χ1n) is 8.08. The van der Waals surface area contributed by atoms with Crippen molar-refractivity contribution in [2.75, 3.05) is 39.9 Å². The van der Waals surface area contributed by atoms with Crippen LogP contribution in [-0.2, 0) is 4.74 Å². The van der Waals surface area contributed by atoms with Crippen LogP contribution in [0.4, 0.5) is 0 Å². The molecule has 0 atom stereocenters. The number of para-hydroxylation sites is 1. The number of hydrogen-bond donors (Lipinski definition) is 1. The molecule has 0 aliphatic carbocycles. The predicted molar refractivity (Wildman–Crippen MR) is 105 cm³/mol. The molecule has 1 fully saturated rings. The Labute approximate surface area is 156 Å². The van der Waals surface area contributed by atoms with E-state index in [-0.39, 0.29) is 24.0 Å². The minimum Gasteiger partial charge on any atom is -0.490 e. The molecular formula is C17H28IN3O2. The molecule has 6 heteroatoms. The summed E-state index contributed by atoms with van der Waals surface area (Å²) in [4.78, 5) is 6.64. The minimum atomic E-state index is 0. The van der Waals surface area contributed by atoms with Gasteiger partial charge >= 0.3 is 0 Å². The second-order valence-electron chi connectivity index (χ2n) is 5.29. The zero-order valence-electron chi connectivity index (χ0n) is 14.0. The van der Waals surface area contributed by atoms with Gasteiger partial charge in [0.15, 0.2) is 5.96 Å². The van der Waals surface area contributed by atoms with Gasteiger partial charge in [0.25, 0.3) is 0 Å². The number of nitrogens with one attached hydrogen (secondary N) is 1. The van der Waals surface area contributed by atoms with Crippen molar-refractivity contribution in [2.24, 2.45) is 4.99 Å². The van der Waals surface area contributed by atoms with Crippen molar-refractivity contribution < 1.29 is 9.47 Å². The van der Waals surface area contributed by atoms with Crippen LogP contribution in [0.25, 0.3) is 0 Å². The molecule has 0 aromatic heterocycles. The third-order valence-electron chi connectivity index (χ3n) is 3.73. The van der Waals surface area contributed by atoms with Gasteiger partial charge in [-0.15, -0.1) is 24.0 Å². The molecule has 0 saturated carbocycles. The van der Waals surface area contributed by atoms with E-state index in [1.807, 2.05) is 44.3 Å². The number of hydrogen-bond acceptors (Lipinski definition) is 3. The Bertz CT molecular complexity index is 448. The van der Waals surface area contributed by atoms with Crippen LogP contribution in [0, 0.1) is 0 Å². The summed E-state index contributed by atoms with van der Waals surface area (Å²) in [6.07, 6.45) is 2.32. The number of nitrogens with zero attached hydrogens (tertiary/aromatic N) is 2. The molecule has 5 nitrogen and oxygen atoms in total. The summed E-state index contributed by atoms with van der Waals surface area (Å²) in [6, 6.07) is 10.1. The van der Waals surface area contributed by atoms with Crippen LogP contribution >= 0.6 is 24.0 Å². The smallest absolute Gasteiger partial charge is 0.193 e. The van der Waals surface area contributed by atoms with Gasteiger partial charge in [0.2, 0.25) is 0 Å². The van der Waals surface area contributed by atoms with E-state index in [4.69, 9.17) is 9.47 Å². The maximum absolute atomic E-state index is 6.02. The van der Waals surface area contributed by atoms with Crippen molar-refractivity contribution in [3.05, 3.63) is 30.3 Å². The Morgan fingerprint density at radius 2 is 1.96 bits per heavy atom. The van der Waals surface area contributed by atoms with Crippen molar-refractivity contribution in [3.8, 4) is 5.75 Å². The van der Waals surface area contributed by atoms with E-state index in [0.29, 0.717) is 12.7 Å². The van der Waals surface area contributed by atoms with Crippen LogP contribution in [-0.4, -0.2) is 56.9 Å². The van der Waals surface area contributed by atoms with Crippen LogP contribution < -0.4 is 10.1 Å². The molecule has 1 N–H and O–H groups in total. The van der Waals surface area contributed by atoms with Gasteiger partial charge in [-0.3, -0.25) is 4.99 Å². The Hall–Kier alpha value is -1.02. The first-order valence-corrected chi connectivity index (χ1v) is 8.08. The van der Waals surface area contributed by atoms with Gasteiger partial charge in [0.05, 0.1) is 6.61 Å². The van der Waals surface area contributed by atoms with E-state index >= 15 is 0 Å². The number of guanidine groups is 1. The molecule has 1 heterocycles. The number of piperidine rings is 1. The molecule has 1 aromatic rings. The number of aliphatic imine (C=N–C) groups is 1. The summed E-state index contributed by atoms with van der Waals surface area (Å²) in [6.45, 7) is 6.19. The molecule has 0 bridgehead atoms. The van der Waals surface area contributed by atoms with Crippen molar-refractivity contribution in [2.45, 2.75) is 25.9 Å². The summed E-state index contributed by atoms with van der Waals surface area (Å²) in [5, 5.41) is 3.35.